The minimum Gasteiger partial charge on any atom is -0.185 e. The molecular formula is C12H15NS2. The van der Waals surface area contributed by atoms with Crippen molar-refractivity contribution in [3.63, 3.8) is 0 Å². The van der Waals surface area contributed by atoms with E-state index in [4.69, 9.17) is 5.26 Å². The van der Waals surface area contributed by atoms with Gasteiger partial charge >= 0.3 is 0 Å². The number of hydrogen-bond donors (Lipinski definition) is 0. The van der Waals surface area contributed by atoms with Crippen LogP contribution in [0.4, 0.5) is 0 Å². The van der Waals surface area contributed by atoms with Crippen LogP contribution in [0.3, 0.4) is 0 Å². The molecule has 0 aliphatic carbocycles. The van der Waals surface area contributed by atoms with E-state index in [2.05, 4.69) is 42.8 Å². The number of nitriles is 1. The topological polar surface area (TPSA) is 23.8 Å². The predicted molar refractivity (Wildman–Crippen MR) is 69.2 cm³/mol. The summed E-state index contributed by atoms with van der Waals surface area (Å²) >= 11 is 3.11. The Balaban J connectivity index is 2.46. The molecule has 0 saturated carbocycles. The third-order valence-electron chi connectivity index (χ3n) is 2.18. The zero-order chi connectivity index (χ0) is 11.1. The number of rotatable bonds is 5. The Morgan fingerprint density at radius 1 is 1.33 bits per heavy atom. The zero-order valence-corrected chi connectivity index (χ0v) is 10.7. The molecule has 1 aromatic rings. The lowest BCUT2D eigenvalue weighted by molar-refractivity contribution is 0.659. The standard InChI is InChI=1S/C12H15NS2/c1-10(8-15-9-13)7-11-3-5-12(14-2)6-4-11/h3-6,10H,7-8H2,1-2H3. The Kier molecular flexibility index (Phi) is 5.67. The highest BCUT2D eigenvalue weighted by Crippen LogP contribution is 2.18. The van der Waals surface area contributed by atoms with E-state index >= 15 is 0 Å². The van der Waals surface area contributed by atoms with Crippen LogP contribution in [0, 0.1) is 16.6 Å². The second-order valence-electron chi connectivity index (χ2n) is 3.56. The van der Waals surface area contributed by atoms with E-state index in [9.17, 15) is 0 Å². The number of thioether (sulfide) groups is 2. The molecule has 0 spiro atoms. The SMILES string of the molecule is CSc1ccc(CC(C)CSC#N)cc1. The van der Waals surface area contributed by atoms with Crippen molar-refractivity contribution in [3.05, 3.63) is 29.8 Å². The van der Waals surface area contributed by atoms with Gasteiger partial charge in [-0.25, -0.2) is 0 Å². The van der Waals surface area contributed by atoms with Crippen LogP contribution >= 0.6 is 23.5 Å². The molecule has 0 saturated heterocycles. The van der Waals surface area contributed by atoms with Crippen molar-refractivity contribution in [1.82, 2.24) is 0 Å². The number of benzene rings is 1. The van der Waals surface area contributed by atoms with Crippen LogP contribution in [-0.2, 0) is 6.42 Å². The van der Waals surface area contributed by atoms with Crippen molar-refractivity contribution in [3.8, 4) is 5.40 Å². The number of nitrogens with zero attached hydrogens (tertiary/aromatic N) is 1. The highest BCUT2D eigenvalue weighted by atomic mass is 32.2. The third kappa shape index (κ3) is 4.63. The molecule has 0 aliphatic rings. The summed E-state index contributed by atoms with van der Waals surface area (Å²) in [4.78, 5) is 1.30. The van der Waals surface area contributed by atoms with E-state index in [0.29, 0.717) is 5.92 Å². The van der Waals surface area contributed by atoms with Crippen molar-refractivity contribution >= 4 is 23.5 Å². The average molecular weight is 237 g/mol. The molecule has 80 valence electrons. The van der Waals surface area contributed by atoms with Crippen LogP contribution in [0.2, 0.25) is 0 Å². The Morgan fingerprint density at radius 3 is 2.53 bits per heavy atom. The average Bonchev–Trinajstić information content (AvgIpc) is 2.27. The summed E-state index contributed by atoms with van der Waals surface area (Å²) in [6.07, 6.45) is 3.14. The van der Waals surface area contributed by atoms with Gasteiger partial charge in [-0.15, -0.1) is 11.8 Å². The summed E-state index contributed by atoms with van der Waals surface area (Å²) in [5.74, 6) is 1.48. The van der Waals surface area contributed by atoms with Crippen LogP contribution in [0.5, 0.6) is 0 Å². The largest absolute Gasteiger partial charge is 0.185 e. The Bertz CT molecular complexity index is 326. The quantitative estimate of drug-likeness (QED) is 0.575. The molecule has 1 nitrogen and oxygen atoms in total. The molecular weight excluding hydrogens is 222 g/mol. The molecule has 0 fully saturated rings. The maximum Gasteiger partial charge on any atom is 0.133 e. The van der Waals surface area contributed by atoms with Crippen LogP contribution < -0.4 is 0 Å². The second kappa shape index (κ2) is 6.81. The summed E-state index contributed by atoms with van der Waals surface area (Å²) in [5, 5.41) is 10.6. The maximum absolute atomic E-state index is 8.46. The van der Waals surface area contributed by atoms with E-state index in [1.54, 1.807) is 11.8 Å². The second-order valence-corrected chi connectivity index (χ2v) is 5.24. The fourth-order valence-electron chi connectivity index (χ4n) is 1.40. The first-order valence-corrected chi connectivity index (χ1v) is 7.11. The summed E-state index contributed by atoms with van der Waals surface area (Å²) < 4.78 is 0. The first-order chi connectivity index (χ1) is 7.26. The first kappa shape index (κ1) is 12.5. The lowest BCUT2D eigenvalue weighted by Gasteiger charge is -2.08. The highest BCUT2D eigenvalue weighted by molar-refractivity contribution is 8.03. The Labute approximate surface area is 100 Å². The Morgan fingerprint density at radius 2 is 2.00 bits per heavy atom. The monoisotopic (exact) mass is 237 g/mol. The van der Waals surface area contributed by atoms with Crippen molar-refractivity contribution in [2.45, 2.75) is 18.2 Å². The van der Waals surface area contributed by atoms with E-state index in [1.165, 1.54) is 22.2 Å². The van der Waals surface area contributed by atoms with E-state index in [0.717, 1.165) is 12.2 Å². The molecule has 1 rings (SSSR count). The van der Waals surface area contributed by atoms with Gasteiger partial charge in [-0.05, 0) is 48.1 Å². The highest BCUT2D eigenvalue weighted by Gasteiger charge is 2.03. The van der Waals surface area contributed by atoms with Crippen LogP contribution in [0.25, 0.3) is 0 Å². The van der Waals surface area contributed by atoms with Crippen LogP contribution in [-0.4, -0.2) is 12.0 Å². The summed E-state index contributed by atoms with van der Waals surface area (Å²) in [7, 11) is 0. The molecule has 0 aliphatic heterocycles. The van der Waals surface area contributed by atoms with Crippen molar-refractivity contribution < 1.29 is 0 Å². The van der Waals surface area contributed by atoms with Gasteiger partial charge in [0.25, 0.3) is 0 Å². The van der Waals surface area contributed by atoms with Crippen molar-refractivity contribution in [1.29, 1.82) is 5.26 Å². The fourth-order valence-corrected chi connectivity index (χ4v) is 2.29. The molecule has 0 N–H and O–H groups in total. The van der Waals surface area contributed by atoms with Crippen molar-refractivity contribution in [2.75, 3.05) is 12.0 Å². The van der Waals surface area contributed by atoms with Gasteiger partial charge in [-0.1, -0.05) is 19.1 Å². The Hall–Kier alpha value is -0.590. The zero-order valence-electron chi connectivity index (χ0n) is 9.06. The smallest absolute Gasteiger partial charge is 0.133 e. The summed E-state index contributed by atoms with van der Waals surface area (Å²) in [6.45, 7) is 2.19. The summed E-state index contributed by atoms with van der Waals surface area (Å²) in [6, 6.07) is 8.67. The molecule has 1 aromatic carbocycles. The minimum absolute atomic E-state index is 0.565. The first-order valence-electron chi connectivity index (χ1n) is 4.90. The van der Waals surface area contributed by atoms with Crippen LogP contribution in [0.15, 0.2) is 29.2 Å². The minimum atomic E-state index is 0.565. The molecule has 1 atom stereocenters. The molecule has 0 radical (unpaired) electrons. The molecule has 0 bridgehead atoms. The molecule has 15 heavy (non-hydrogen) atoms. The van der Waals surface area contributed by atoms with Gasteiger partial charge in [0.1, 0.15) is 5.40 Å². The summed E-state index contributed by atoms with van der Waals surface area (Å²) in [5.41, 5.74) is 1.36. The molecule has 0 amide bonds. The van der Waals surface area contributed by atoms with E-state index in [-0.39, 0.29) is 0 Å². The van der Waals surface area contributed by atoms with Gasteiger partial charge < -0.3 is 0 Å². The van der Waals surface area contributed by atoms with Gasteiger partial charge in [-0.3, -0.25) is 0 Å². The van der Waals surface area contributed by atoms with Crippen molar-refractivity contribution in [2.24, 2.45) is 5.92 Å². The number of thiocyanates is 1. The van der Waals surface area contributed by atoms with Gasteiger partial charge in [0, 0.05) is 10.6 Å². The van der Waals surface area contributed by atoms with E-state index in [1.807, 2.05) is 0 Å². The fraction of sp³-hybridized carbons (Fsp3) is 0.417. The molecule has 0 heterocycles. The molecule has 1 unspecified atom stereocenters. The normalized spacial score (nSPS) is 12.1. The lowest BCUT2D eigenvalue weighted by Crippen LogP contribution is -2.02. The van der Waals surface area contributed by atoms with E-state index < -0.39 is 0 Å². The number of hydrogen-bond acceptors (Lipinski definition) is 3. The van der Waals surface area contributed by atoms with Gasteiger partial charge in [0.05, 0.1) is 0 Å². The lowest BCUT2D eigenvalue weighted by atomic mass is 10.0. The van der Waals surface area contributed by atoms with Crippen LogP contribution in [0.1, 0.15) is 12.5 Å². The molecule has 3 heteroatoms. The molecule has 0 aromatic heterocycles. The third-order valence-corrected chi connectivity index (χ3v) is 3.78. The van der Waals surface area contributed by atoms with Gasteiger partial charge in [0.15, 0.2) is 0 Å². The predicted octanol–water partition coefficient (Wildman–Crippen LogP) is 3.80. The maximum atomic E-state index is 8.46. The van der Waals surface area contributed by atoms with Gasteiger partial charge in [0.2, 0.25) is 0 Å². The van der Waals surface area contributed by atoms with Gasteiger partial charge in [-0.2, -0.15) is 5.26 Å².